The molecule has 0 radical (unpaired) electrons. The molecule has 2 heterocycles. The fraction of sp³-hybridized carbons (Fsp3) is 0.609. The monoisotopic (exact) mass is 427 g/mol. The fourth-order valence-corrected chi connectivity index (χ4v) is 5.60. The summed E-state index contributed by atoms with van der Waals surface area (Å²) >= 11 is 1.60. The Kier molecular flexibility index (Phi) is 6.68. The predicted molar refractivity (Wildman–Crippen MR) is 122 cm³/mol. The van der Waals surface area contributed by atoms with Crippen molar-refractivity contribution in [3.8, 4) is 6.07 Å². The summed E-state index contributed by atoms with van der Waals surface area (Å²) in [6.45, 7) is 9.83. The summed E-state index contributed by atoms with van der Waals surface area (Å²) in [5.74, 6) is 0.539. The Morgan fingerprint density at radius 2 is 2.23 bits per heavy atom. The van der Waals surface area contributed by atoms with Gasteiger partial charge in [-0.15, -0.1) is 11.3 Å². The summed E-state index contributed by atoms with van der Waals surface area (Å²) in [5.41, 5.74) is 4.21. The minimum Gasteiger partial charge on any atom is -0.315 e. The van der Waals surface area contributed by atoms with E-state index in [1.165, 1.54) is 4.88 Å². The number of anilines is 1. The van der Waals surface area contributed by atoms with Gasteiger partial charge >= 0.3 is 0 Å². The summed E-state index contributed by atoms with van der Waals surface area (Å²) in [4.78, 5) is 15.9. The zero-order chi connectivity index (χ0) is 22.1. The third-order valence-electron chi connectivity index (χ3n) is 6.62. The molecule has 0 bridgehead atoms. The van der Waals surface area contributed by atoms with Crippen molar-refractivity contribution >= 4 is 22.2 Å². The van der Waals surface area contributed by atoms with Crippen LogP contribution in [0.15, 0.2) is 6.20 Å². The lowest BCUT2D eigenvalue weighted by Gasteiger charge is -2.36. The molecule has 6 nitrogen and oxygen atoms in total. The molecule has 30 heavy (non-hydrogen) atoms. The van der Waals surface area contributed by atoms with Crippen LogP contribution >= 0.6 is 11.3 Å². The maximum absolute atomic E-state index is 12.7. The van der Waals surface area contributed by atoms with Gasteiger partial charge in [-0.1, -0.05) is 27.2 Å². The van der Waals surface area contributed by atoms with E-state index in [9.17, 15) is 10.1 Å². The topological polar surface area (TPSA) is 74.0 Å². The van der Waals surface area contributed by atoms with E-state index in [2.05, 4.69) is 37.3 Å². The number of hydrogen-bond donors (Lipinski definition) is 1. The van der Waals surface area contributed by atoms with Gasteiger partial charge in [0.15, 0.2) is 0 Å². The van der Waals surface area contributed by atoms with Gasteiger partial charge in [0, 0.05) is 30.2 Å². The minimum absolute atomic E-state index is 0.0837. The number of fused-ring (bicyclic) bond motifs is 1. The lowest BCUT2D eigenvalue weighted by molar-refractivity contribution is -0.117. The molecule has 0 saturated heterocycles. The molecule has 1 N–H and O–H groups in total. The van der Waals surface area contributed by atoms with E-state index in [4.69, 9.17) is 0 Å². The Balaban J connectivity index is 1.67. The SMILES string of the molecule is CCC(C)(C)C1CCc2c(sc(NC(=O)CN(C)Cc3cn(C)nc3C)c2C#N)C1. The van der Waals surface area contributed by atoms with E-state index in [-0.39, 0.29) is 12.5 Å². The summed E-state index contributed by atoms with van der Waals surface area (Å²) in [7, 11) is 3.82. The van der Waals surface area contributed by atoms with Gasteiger partial charge in [-0.3, -0.25) is 14.4 Å². The molecule has 7 heteroatoms. The normalized spacial score (nSPS) is 16.4. The summed E-state index contributed by atoms with van der Waals surface area (Å²) in [6.07, 6.45) is 6.18. The van der Waals surface area contributed by atoms with E-state index in [0.29, 0.717) is 28.4 Å². The molecular weight excluding hydrogens is 394 g/mol. The number of carbonyl (C=O) groups excluding carboxylic acids is 1. The zero-order valence-corrected chi connectivity index (χ0v) is 19.8. The third kappa shape index (κ3) is 4.76. The van der Waals surface area contributed by atoms with Crippen LogP contribution in [0.5, 0.6) is 0 Å². The van der Waals surface area contributed by atoms with Crippen LogP contribution in [0, 0.1) is 29.6 Å². The van der Waals surface area contributed by atoms with Gasteiger partial charge in [0.05, 0.1) is 17.8 Å². The second kappa shape index (κ2) is 8.91. The highest BCUT2D eigenvalue weighted by Crippen LogP contribution is 2.45. The molecule has 0 spiro atoms. The van der Waals surface area contributed by atoms with Gasteiger partial charge in [-0.05, 0) is 50.1 Å². The van der Waals surface area contributed by atoms with Gasteiger partial charge in [0.2, 0.25) is 5.91 Å². The number of amides is 1. The number of nitrogens with zero attached hydrogens (tertiary/aromatic N) is 4. The van der Waals surface area contributed by atoms with Crippen LogP contribution in [0.2, 0.25) is 0 Å². The van der Waals surface area contributed by atoms with Crippen LogP contribution in [0.4, 0.5) is 5.00 Å². The van der Waals surface area contributed by atoms with Crippen LogP contribution in [0.25, 0.3) is 0 Å². The largest absolute Gasteiger partial charge is 0.315 e. The van der Waals surface area contributed by atoms with Gasteiger partial charge in [-0.2, -0.15) is 10.4 Å². The van der Waals surface area contributed by atoms with Crippen molar-refractivity contribution in [2.24, 2.45) is 18.4 Å². The lowest BCUT2D eigenvalue weighted by atomic mass is 9.69. The number of rotatable bonds is 7. The zero-order valence-electron chi connectivity index (χ0n) is 19.0. The first-order valence-electron chi connectivity index (χ1n) is 10.7. The van der Waals surface area contributed by atoms with Crippen molar-refractivity contribution in [3.05, 3.63) is 33.5 Å². The number of aromatic nitrogens is 2. The van der Waals surface area contributed by atoms with Crippen molar-refractivity contribution in [3.63, 3.8) is 0 Å². The molecule has 1 aliphatic rings. The Hall–Kier alpha value is -2.17. The summed E-state index contributed by atoms with van der Waals surface area (Å²) in [6, 6.07) is 2.35. The van der Waals surface area contributed by atoms with Gasteiger partial charge < -0.3 is 5.32 Å². The number of thiophene rings is 1. The average molecular weight is 428 g/mol. The summed E-state index contributed by atoms with van der Waals surface area (Å²) < 4.78 is 1.79. The highest BCUT2D eigenvalue weighted by Gasteiger charge is 2.34. The first kappa shape index (κ1) is 22.5. The van der Waals surface area contributed by atoms with Crippen LogP contribution in [-0.4, -0.2) is 34.2 Å². The van der Waals surface area contributed by atoms with E-state index in [0.717, 1.165) is 42.5 Å². The number of carbonyl (C=O) groups is 1. The van der Waals surface area contributed by atoms with Crippen LogP contribution in [-0.2, 0) is 31.2 Å². The maximum Gasteiger partial charge on any atom is 0.239 e. The molecule has 3 rings (SSSR count). The Morgan fingerprint density at radius 3 is 2.83 bits per heavy atom. The predicted octanol–water partition coefficient (Wildman–Crippen LogP) is 4.27. The highest BCUT2D eigenvalue weighted by molar-refractivity contribution is 7.16. The number of nitrogens with one attached hydrogen (secondary N) is 1. The number of likely N-dealkylation sites (N-methyl/N-ethyl adjacent to an activating group) is 1. The van der Waals surface area contributed by atoms with Crippen molar-refractivity contribution in [2.75, 3.05) is 18.9 Å². The van der Waals surface area contributed by atoms with Crippen molar-refractivity contribution in [1.82, 2.24) is 14.7 Å². The smallest absolute Gasteiger partial charge is 0.239 e. The first-order chi connectivity index (χ1) is 14.1. The minimum atomic E-state index is -0.0837. The maximum atomic E-state index is 12.7. The molecule has 2 aromatic heterocycles. The van der Waals surface area contributed by atoms with E-state index >= 15 is 0 Å². The fourth-order valence-electron chi connectivity index (χ4n) is 4.31. The molecule has 162 valence electrons. The molecule has 1 atom stereocenters. The molecule has 0 aliphatic heterocycles. The van der Waals surface area contributed by atoms with Crippen LogP contribution < -0.4 is 5.32 Å². The number of hydrogen-bond acceptors (Lipinski definition) is 5. The van der Waals surface area contributed by atoms with Gasteiger partial charge in [-0.25, -0.2) is 0 Å². The molecule has 2 aromatic rings. The second-order valence-electron chi connectivity index (χ2n) is 9.24. The molecular formula is C23H33N5OS. The third-order valence-corrected chi connectivity index (χ3v) is 7.79. The van der Waals surface area contributed by atoms with E-state index in [1.807, 2.05) is 32.1 Å². The molecule has 1 aliphatic carbocycles. The van der Waals surface area contributed by atoms with Crippen molar-refractivity contribution < 1.29 is 4.79 Å². The Bertz CT molecular complexity index is 965. The summed E-state index contributed by atoms with van der Waals surface area (Å²) in [5, 5.41) is 17.8. The van der Waals surface area contributed by atoms with Crippen molar-refractivity contribution in [2.45, 2.75) is 59.9 Å². The highest BCUT2D eigenvalue weighted by atomic mass is 32.1. The molecule has 0 fully saturated rings. The molecule has 0 aromatic carbocycles. The van der Waals surface area contributed by atoms with Gasteiger partial charge in [0.25, 0.3) is 0 Å². The van der Waals surface area contributed by atoms with Crippen molar-refractivity contribution in [1.29, 1.82) is 5.26 Å². The average Bonchev–Trinajstić information content (AvgIpc) is 3.18. The van der Waals surface area contributed by atoms with E-state index < -0.39 is 0 Å². The molecule has 1 unspecified atom stereocenters. The molecule has 0 saturated carbocycles. The Morgan fingerprint density at radius 1 is 1.50 bits per heavy atom. The first-order valence-corrected chi connectivity index (χ1v) is 11.5. The lowest BCUT2D eigenvalue weighted by Crippen LogP contribution is -2.29. The number of nitriles is 1. The second-order valence-corrected chi connectivity index (χ2v) is 10.3. The van der Waals surface area contributed by atoms with Crippen LogP contribution in [0.3, 0.4) is 0 Å². The quantitative estimate of drug-likeness (QED) is 0.716. The van der Waals surface area contributed by atoms with E-state index in [1.54, 1.807) is 16.0 Å². The van der Waals surface area contributed by atoms with Gasteiger partial charge in [0.1, 0.15) is 11.1 Å². The molecule has 1 amide bonds. The standard InChI is InChI=1S/C23H33N5OS/c1-7-23(3,4)17-8-9-18-19(11-24)22(30-20(18)10-17)25-21(29)14-27(5)12-16-13-28(6)26-15(16)2/h13,17H,7-10,12,14H2,1-6H3,(H,25,29). The Labute approximate surface area is 183 Å². The van der Waals surface area contributed by atoms with Crippen LogP contribution in [0.1, 0.15) is 60.9 Å². The number of aryl methyl sites for hydroxylation is 2.